The smallest absolute Gasteiger partial charge is 0.160 e. The molecule has 3 aromatic carbocycles. The highest BCUT2D eigenvalue weighted by molar-refractivity contribution is 5.95. The van der Waals surface area contributed by atoms with E-state index in [-0.39, 0.29) is 0 Å². The van der Waals surface area contributed by atoms with Crippen LogP contribution in [0, 0.1) is 41.5 Å². The maximum atomic E-state index is 5.13. The van der Waals surface area contributed by atoms with Crippen molar-refractivity contribution < 1.29 is 0 Å². The second kappa shape index (κ2) is 6.87. The van der Waals surface area contributed by atoms with Crippen LogP contribution in [-0.4, -0.2) is 9.97 Å². The molecule has 0 aliphatic heterocycles. The molecule has 0 radical (unpaired) electrons. The molecule has 0 aliphatic rings. The third-order valence-corrected chi connectivity index (χ3v) is 5.42. The van der Waals surface area contributed by atoms with Crippen LogP contribution < -0.4 is 0 Å². The molecule has 0 saturated heterocycles. The standard InChI is InChI=1S/C26H26N2/c1-15-11-17(3)23(18(4)12-15)25-21-9-7-8-10-22(21)27-26(28-25)24-19(5)13-16(2)14-20(24)6/h7-14H,1-6H3. The molecular weight excluding hydrogens is 340 g/mol. The SMILES string of the molecule is Cc1cc(C)c(-c2nc(-c3c(C)cc(C)cc3C)c3ccccc3n2)c(C)c1. The maximum Gasteiger partial charge on any atom is 0.160 e. The highest BCUT2D eigenvalue weighted by Crippen LogP contribution is 2.35. The number of aryl methyl sites for hydroxylation is 6. The number of nitrogens with zero attached hydrogens (tertiary/aromatic N) is 2. The molecule has 0 N–H and O–H groups in total. The second-order valence-electron chi connectivity index (χ2n) is 7.96. The van der Waals surface area contributed by atoms with Crippen molar-refractivity contribution in [2.45, 2.75) is 41.5 Å². The molecule has 28 heavy (non-hydrogen) atoms. The minimum absolute atomic E-state index is 0.808. The van der Waals surface area contributed by atoms with Crippen molar-refractivity contribution in [1.82, 2.24) is 9.97 Å². The van der Waals surface area contributed by atoms with Crippen molar-refractivity contribution in [3.8, 4) is 22.6 Å². The zero-order valence-corrected chi connectivity index (χ0v) is 17.5. The van der Waals surface area contributed by atoms with Gasteiger partial charge in [-0.25, -0.2) is 9.97 Å². The summed E-state index contributed by atoms with van der Waals surface area (Å²) < 4.78 is 0. The molecule has 1 heterocycles. The van der Waals surface area contributed by atoms with Gasteiger partial charge in [-0.2, -0.15) is 0 Å². The fraction of sp³-hybridized carbons (Fsp3) is 0.231. The Morgan fingerprint density at radius 2 is 1.07 bits per heavy atom. The molecule has 1 aromatic heterocycles. The maximum absolute atomic E-state index is 5.13. The van der Waals surface area contributed by atoms with Crippen LogP contribution in [0.2, 0.25) is 0 Å². The molecule has 0 atom stereocenters. The number of para-hydroxylation sites is 1. The average molecular weight is 367 g/mol. The number of hydrogen-bond donors (Lipinski definition) is 0. The van der Waals surface area contributed by atoms with E-state index in [1.165, 1.54) is 38.9 Å². The normalized spacial score (nSPS) is 11.2. The fourth-order valence-electron chi connectivity index (χ4n) is 4.47. The molecule has 0 aliphatic carbocycles. The van der Waals surface area contributed by atoms with Gasteiger partial charge in [-0.15, -0.1) is 0 Å². The van der Waals surface area contributed by atoms with E-state index in [9.17, 15) is 0 Å². The largest absolute Gasteiger partial charge is 0.228 e. The Balaban J connectivity index is 2.09. The van der Waals surface area contributed by atoms with Crippen molar-refractivity contribution in [1.29, 1.82) is 0 Å². The number of rotatable bonds is 2. The number of fused-ring (bicyclic) bond motifs is 1. The molecule has 0 fully saturated rings. The molecule has 2 nitrogen and oxygen atoms in total. The van der Waals surface area contributed by atoms with Gasteiger partial charge in [0.1, 0.15) is 0 Å². The van der Waals surface area contributed by atoms with Crippen LogP contribution in [0.3, 0.4) is 0 Å². The predicted octanol–water partition coefficient (Wildman–Crippen LogP) is 6.81. The van der Waals surface area contributed by atoms with Gasteiger partial charge in [0.2, 0.25) is 0 Å². The molecule has 140 valence electrons. The minimum Gasteiger partial charge on any atom is -0.228 e. The van der Waals surface area contributed by atoms with E-state index in [1.54, 1.807) is 0 Å². The topological polar surface area (TPSA) is 25.8 Å². The van der Waals surface area contributed by atoms with Gasteiger partial charge in [0.25, 0.3) is 0 Å². The van der Waals surface area contributed by atoms with Gasteiger partial charge in [-0.1, -0.05) is 53.6 Å². The van der Waals surface area contributed by atoms with E-state index in [0.29, 0.717) is 0 Å². The van der Waals surface area contributed by atoms with E-state index < -0.39 is 0 Å². The van der Waals surface area contributed by atoms with Gasteiger partial charge in [0, 0.05) is 16.5 Å². The zero-order valence-electron chi connectivity index (χ0n) is 17.5. The lowest BCUT2D eigenvalue weighted by Gasteiger charge is -2.16. The first-order chi connectivity index (χ1) is 13.3. The third kappa shape index (κ3) is 3.09. The summed E-state index contributed by atoms with van der Waals surface area (Å²) >= 11 is 0. The third-order valence-electron chi connectivity index (χ3n) is 5.42. The Morgan fingerprint density at radius 3 is 1.64 bits per heavy atom. The van der Waals surface area contributed by atoms with Crippen LogP contribution in [0.1, 0.15) is 33.4 Å². The first-order valence-corrected chi connectivity index (χ1v) is 9.78. The lowest BCUT2D eigenvalue weighted by molar-refractivity contribution is 1.18. The highest BCUT2D eigenvalue weighted by Gasteiger charge is 2.17. The molecule has 0 bridgehead atoms. The Labute approximate surface area is 167 Å². The van der Waals surface area contributed by atoms with Crippen molar-refractivity contribution in [3.63, 3.8) is 0 Å². The van der Waals surface area contributed by atoms with E-state index in [4.69, 9.17) is 9.97 Å². The quantitative estimate of drug-likeness (QED) is 0.389. The second-order valence-corrected chi connectivity index (χ2v) is 7.96. The summed E-state index contributed by atoms with van der Waals surface area (Å²) in [5.74, 6) is 0.808. The summed E-state index contributed by atoms with van der Waals surface area (Å²) in [7, 11) is 0. The zero-order chi connectivity index (χ0) is 20.0. The number of benzene rings is 3. The van der Waals surface area contributed by atoms with Crippen molar-refractivity contribution in [2.24, 2.45) is 0 Å². The lowest BCUT2D eigenvalue weighted by Crippen LogP contribution is -2.01. The van der Waals surface area contributed by atoms with Crippen LogP contribution in [0.4, 0.5) is 0 Å². The molecule has 2 heteroatoms. The average Bonchev–Trinajstić information content (AvgIpc) is 2.60. The molecule has 4 aromatic rings. The Bertz CT molecular complexity index is 1170. The Hall–Kier alpha value is -3.00. The van der Waals surface area contributed by atoms with E-state index >= 15 is 0 Å². The molecule has 0 saturated carbocycles. The Kier molecular flexibility index (Phi) is 4.50. The van der Waals surface area contributed by atoms with Crippen LogP contribution in [0.15, 0.2) is 48.5 Å². The first-order valence-electron chi connectivity index (χ1n) is 9.78. The van der Waals surface area contributed by atoms with Crippen molar-refractivity contribution in [3.05, 3.63) is 81.9 Å². The van der Waals surface area contributed by atoms with Crippen LogP contribution >= 0.6 is 0 Å². The number of aromatic nitrogens is 2. The van der Waals surface area contributed by atoms with Gasteiger partial charge in [-0.05, 0) is 69.9 Å². The predicted molar refractivity (Wildman–Crippen MR) is 119 cm³/mol. The summed E-state index contributed by atoms with van der Waals surface area (Å²) in [6.07, 6.45) is 0. The number of hydrogen-bond acceptors (Lipinski definition) is 2. The summed E-state index contributed by atoms with van der Waals surface area (Å²) in [5.41, 5.74) is 11.9. The van der Waals surface area contributed by atoms with E-state index in [1.807, 2.05) is 6.07 Å². The van der Waals surface area contributed by atoms with Gasteiger partial charge in [0.05, 0.1) is 11.2 Å². The van der Waals surface area contributed by atoms with Gasteiger partial charge < -0.3 is 0 Å². The fourth-order valence-corrected chi connectivity index (χ4v) is 4.47. The van der Waals surface area contributed by atoms with Gasteiger partial charge in [0.15, 0.2) is 5.82 Å². The summed E-state index contributed by atoms with van der Waals surface area (Å²) in [4.78, 5) is 10.1. The molecular formula is C26H26N2. The summed E-state index contributed by atoms with van der Waals surface area (Å²) in [5, 5.41) is 1.10. The van der Waals surface area contributed by atoms with Crippen LogP contribution in [0.25, 0.3) is 33.5 Å². The first kappa shape index (κ1) is 18.4. The molecule has 4 rings (SSSR count). The molecule has 0 unspecified atom stereocenters. The van der Waals surface area contributed by atoms with Gasteiger partial charge in [-0.3, -0.25) is 0 Å². The van der Waals surface area contributed by atoms with Crippen molar-refractivity contribution >= 4 is 10.9 Å². The molecule has 0 amide bonds. The Morgan fingerprint density at radius 1 is 0.571 bits per heavy atom. The minimum atomic E-state index is 0.808. The van der Waals surface area contributed by atoms with Gasteiger partial charge >= 0.3 is 0 Å². The van der Waals surface area contributed by atoms with Crippen molar-refractivity contribution in [2.75, 3.05) is 0 Å². The van der Waals surface area contributed by atoms with E-state index in [2.05, 4.69) is 84.0 Å². The lowest BCUT2D eigenvalue weighted by atomic mass is 9.94. The summed E-state index contributed by atoms with van der Waals surface area (Å²) in [6, 6.07) is 17.2. The highest BCUT2D eigenvalue weighted by atomic mass is 14.9. The monoisotopic (exact) mass is 366 g/mol. The molecule has 0 spiro atoms. The van der Waals surface area contributed by atoms with Crippen LogP contribution in [0.5, 0.6) is 0 Å². The van der Waals surface area contributed by atoms with Crippen LogP contribution in [-0.2, 0) is 0 Å². The summed E-state index contributed by atoms with van der Waals surface area (Å²) in [6.45, 7) is 12.9. The van der Waals surface area contributed by atoms with E-state index in [0.717, 1.165) is 28.0 Å².